The summed E-state index contributed by atoms with van der Waals surface area (Å²) in [7, 11) is 0. The van der Waals surface area contributed by atoms with Gasteiger partial charge < -0.3 is 5.32 Å². The van der Waals surface area contributed by atoms with E-state index in [0.29, 0.717) is 10.9 Å². The van der Waals surface area contributed by atoms with Crippen LogP contribution in [0.5, 0.6) is 0 Å². The lowest BCUT2D eigenvalue weighted by atomic mass is 9.98. The first-order chi connectivity index (χ1) is 9.81. The van der Waals surface area contributed by atoms with E-state index in [1.165, 1.54) is 17.0 Å². The van der Waals surface area contributed by atoms with Gasteiger partial charge in [0.2, 0.25) is 11.8 Å². The van der Waals surface area contributed by atoms with Crippen LogP contribution < -0.4 is 10.2 Å². The van der Waals surface area contributed by atoms with Crippen molar-refractivity contribution in [2.45, 2.75) is 39.3 Å². The van der Waals surface area contributed by atoms with Crippen LogP contribution in [0.3, 0.4) is 0 Å². The maximum absolute atomic E-state index is 14.1. The van der Waals surface area contributed by atoms with Crippen LogP contribution in [0.2, 0.25) is 0 Å². The van der Waals surface area contributed by atoms with Gasteiger partial charge in [0.25, 0.3) is 0 Å². The van der Waals surface area contributed by atoms with E-state index in [-0.39, 0.29) is 23.4 Å². The zero-order chi connectivity index (χ0) is 15.7. The molecule has 21 heavy (non-hydrogen) atoms. The molecule has 6 heteroatoms. The van der Waals surface area contributed by atoms with Crippen LogP contribution in [0.4, 0.5) is 10.1 Å². The number of nitrogens with one attached hydrogen (secondary N) is 1. The zero-order valence-electron chi connectivity index (χ0n) is 12.2. The fraction of sp³-hybridized carbons (Fsp3) is 0.467. The average molecular weight is 357 g/mol. The standard InChI is InChI=1S/C15H18BrFN2O2/c1-8(2)6-12-15(21)19(9(3)14(20)18-12)13-5-4-10(16)7-11(13)17/h4-5,7-9,12H,6H2,1-3H3,(H,18,20). The molecule has 1 N–H and O–H groups in total. The van der Waals surface area contributed by atoms with Crippen LogP contribution in [0, 0.1) is 11.7 Å². The number of hydrogen-bond acceptors (Lipinski definition) is 2. The highest BCUT2D eigenvalue weighted by Gasteiger charge is 2.40. The van der Waals surface area contributed by atoms with Crippen LogP contribution in [0.25, 0.3) is 0 Å². The van der Waals surface area contributed by atoms with Gasteiger partial charge in [-0.25, -0.2) is 4.39 Å². The van der Waals surface area contributed by atoms with E-state index >= 15 is 0 Å². The van der Waals surface area contributed by atoms with E-state index < -0.39 is 17.9 Å². The van der Waals surface area contributed by atoms with E-state index in [0.717, 1.165) is 0 Å². The lowest BCUT2D eigenvalue weighted by Gasteiger charge is -2.38. The number of carbonyl (C=O) groups excluding carboxylic acids is 2. The minimum Gasteiger partial charge on any atom is -0.342 e. The summed E-state index contributed by atoms with van der Waals surface area (Å²) in [5, 5.41) is 2.72. The summed E-state index contributed by atoms with van der Waals surface area (Å²) in [5.74, 6) is -0.800. The number of hydrogen-bond donors (Lipinski definition) is 1. The summed E-state index contributed by atoms with van der Waals surface area (Å²) in [6.45, 7) is 5.55. The minimum atomic E-state index is -0.725. The maximum Gasteiger partial charge on any atom is 0.250 e. The summed E-state index contributed by atoms with van der Waals surface area (Å²) in [4.78, 5) is 25.9. The first kappa shape index (κ1) is 15.9. The molecule has 0 radical (unpaired) electrons. The summed E-state index contributed by atoms with van der Waals surface area (Å²) in [6.07, 6.45) is 0.534. The number of carbonyl (C=O) groups is 2. The van der Waals surface area contributed by atoms with Crippen LogP contribution in [0.15, 0.2) is 22.7 Å². The number of piperazine rings is 1. The third-order valence-electron chi connectivity index (χ3n) is 3.50. The monoisotopic (exact) mass is 356 g/mol. The number of anilines is 1. The topological polar surface area (TPSA) is 49.4 Å². The van der Waals surface area contributed by atoms with Crippen LogP contribution in [0.1, 0.15) is 27.2 Å². The van der Waals surface area contributed by atoms with E-state index in [9.17, 15) is 14.0 Å². The van der Waals surface area contributed by atoms with Crippen LogP contribution in [-0.2, 0) is 9.59 Å². The highest BCUT2D eigenvalue weighted by Crippen LogP contribution is 2.28. The molecular formula is C15H18BrFN2O2. The molecule has 2 unspecified atom stereocenters. The van der Waals surface area contributed by atoms with Gasteiger partial charge >= 0.3 is 0 Å². The molecule has 0 aliphatic carbocycles. The van der Waals surface area contributed by atoms with Crippen molar-refractivity contribution in [1.29, 1.82) is 0 Å². The van der Waals surface area contributed by atoms with Crippen molar-refractivity contribution < 1.29 is 14.0 Å². The molecule has 1 saturated heterocycles. The highest BCUT2D eigenvalue weighted by molar-refractivity contribution is 9.10. The summed E-state index contributed by atoms with van der Waals surface area (Å²) in [5.41, 5.74) is 0.138. The molecule has 1 aromatic rings. The second-order valence-electron chi connectivity index (χ2n) is 5.67. The molecule has 4 nitrogen and oxygen atoms in total. The van der Waals surface area contributed by atoms with Gasteiger partial charge in [0.05, 0.1) is 5.69 Å². The summed E-state index contributed by atoms with van der Waals surface area (Å²) >= 11 is 3.18. The molecule has 1 heterocycles. The molecule has 1 fully saturated rings. The average Bonchev–Trinajstić information content (AvgIpc) is 2.38. The molecule has 1 aliphatic rings. The molecule has 0 saturated carbocycles. The molecular weight excluding hydrogens is 339 g/mol. The lowest BCUT2D eigenvalue weighted by molar-refractivity contribution is -0.133. The minimum absolute atomic E-state index is 0.138. The molecule has 2 amide bonds. The number of amides is 2. The second kappa shape index (κ2) is 6.13. The fourth-order valence-corrected chi connectivity index (χ4v) is 2.80. The van der Waals surface area contributed by atoms with Crippen molar-refractivity contribution in [3.63, 3.8) is 0 Å². The Morgan fingerprint density at radius 3 is 2.62 bits per heavy atom. The largest absolute Gasteiger partial charge is 0.342 e. The predicted molar refractivity (Wildman–Crippen MR) is 82.4 cm³/mol. The quantitative estimate of drug-likeness (QED) is 0.905. The van der Waals surface area contributed by atoms with Gasteiger partial charge in [-0.2, -0.15) is 0 Å². The fourth-order valence-electron chi connectivity index (χ4n) is 2.47. The summed E-state index contributed by atoms with van der Waals surface area (Å²) in [6, 6.07) is 3.13. The Kier molecular flexibility index (Phi) is 4.66. The van der Waals surface area contributed by atoms with Crippen molar-refractivity contribution in [2.24, 2.45) is 5.92 Å². The number of halogens is 2. The Hall–Kier alpha value is -1.43. The van der Waals surface area contributed by atoms with Gasteiger partial charge in [-0.1, -0.05) is 29.8 Å². The van der Waals surface area contributed by atoms with E-state index in [1.807, 2.05) is 13.8 Å². The Labute approximate surface area is 131 Å². The lowest BCUT2D eigenvalue weighted by Crippen LogP contribution is -2.63. The van der Waals surface area contributed by atoms with Crippen molar-refractivity contribution in [1.82, 2.24) is 5.32 Å². The van der Waals surface area contributed by atoms with Gasteiger partial charge in [0, 0.05) is 4.47 Å². The van der Waals surface area contributed by atoms with Crippen LogP contribution >= 0.6 is 15.9 Å². The predicted octanol–water partition coefficient (Wildman–Crippen LogP) is 2.85. The van der Waals surface area contributed by atoms with E-state index in [1.54, 1.807) is 13.0 Å². The first-order valence-corrected chi connectivity index (χ1v) is 7.69. The second-order valence-corrected chi connectivity index (χ2v) is 6.59. The molecule has 2 rings (SSSR count). The molecule has 0 bridgehead atoms. The van der Waals surface area contributed by atoms with Crippen molar-refractivity contribution >= 4 is 33.4 Å². The number of benzene rings is 1. The molecule has 1 aliphatic heterocycles. The molecule has 0 spiro atoms. The Morgan fingerprint density at radius 1 is 1.38 bits per heavy atom. The van der Waals surface area contributed by atoms with Gasteiger partial charge in [0.1, 0.15) is 17.9 Å². The molecule has 1 aromatic carbocycles. The highest BCUT2D eigenvalue weighted by atomic mass is 79.9. The Balaban J connectivity index is 2.38. The van der Waals surface area contributed by atoms with Crippen molar-refractivity contribution in [2.75, 3.05) is 4.90 Å². The van der Waals surface area contributed by atoms with Crippen LogP contribution in [-0.4, -0.2) is 23.9 Å². The maximum atomic E-state index is 14.1. The Morgan fingerprint density at radius 2 is 2.05 bits per heavy atom. The molecule has 2 atom stereocenters. The van der Waals surface area contributed by atoms with E-state index in [4.69, 9.17) is 0 Å². The number of rotatable bonds is 3. The summed E-state index contributed by atoms with van der Waals surface area (Å²) < 4.78 is 14.7. The third kappa shape index (κ3) is 3.26. The first-order valence-electron chi connectivity index (χ1n) is 6.89. The smallest absolute Gasteiger partial charge is 0.250 e. The number of nitrogens with zero attached hydrogens (tertiary/aromatic N) is 1. The zero-order valence-corrected chi connectivity index (χ0v) is 13.8. The van der Waals surface area contributed by atoms with Gasteiger partial charge in [0.15, 0.2) is 0 Å². The van der Waals surface area contributed by atoms with Crippen molar-refractivity contribution in [3.8, 4) is 0 Å². The molecule has 0 aromatic heterocycles. The van der Waals surface area contributed by atoms with Gasteiger partial charge in [-0.3, -0.25) is 14.5 Å². The van der Waals surface area contributed by atoms with Gasteiger partial charge in [-0.15, -0.1) is 0 Å². The Bertz CT molecular complexity index is 577. The third-order valence-corrected chi connectivity index (χ3v) is 3.99. The van der Waals surface area contributed by atoms with Gasteiger partial charge in [-0.05, 0) is 37.5 Å². The van der Waals surface area contributed by atoms with Crippen molar-refractivity contribution in [3.05, 3.63) is 28.5 Å². The SMILES string of the molecule is CC(C)CC1NC(=O)C(C)N(c2ccc(Br)cc2F)C1=O. The van der Waals surface area contributed by atoms with E-state index in [2.05, 4.69) is 21.2 Å². The normalized spacial score (nSPS) is 22.7. The molecule has 114 valence electrons.